The van der Waals surface area contributed by atoms with Crippen LogP contribution in [0.15, 0.2) is 24.3 Å². The quantitative estimate of drug-likeness (QED) is 0.718. The Morgan fingerprint density at radius 1 is 1.21 bits per heavy atom. The van der Waals surface area contributed by atoms with Crippen molar-refractivity contribution in [3.63, 3.8) is 0 Å². The molecule has 0 saturated heterocycles. The zero-order valence-electron chi connectivity index (χ0n) is 8.56. The van der Waals surface area contributed by atoms with Crippen LogP contribution in [0, 0.1) is 0 Å². The van der Waals surface area contributed by atoms with Crippen LogP contribution >= 0.6 is 8.25 Å². The van der Waals surface area contributed by atoms with E-state index in [-0.39, 0.29) is 0 Å². The van der Waals surface area contributed by atoms with Crippen molar-refractivity contribution in [2.45, 2.75) is 19.8 Å². The van der Waals surface area contributed by atoms with Crippen LogP contribution in [0.3, 0.4) is 0 Å². The lowest BCUT2D eigenvalue weighted by Gasteiger charge is -2.06. The molecule has 77 valence electrons. The molecule has 0 aromatic heterocycles. The molecule has 1 unspecified atom stereocenters. The summed E-state index contributed by atoms with van der Waals surface area (Å²) in [7, 11) is -0.681. The minimum atomic E-state index is -2.03. The van der Waals surface area contributed by atoms with Crippen LogP contribution < -0.4 is 4.52 Å². The van der Waals surface area contributed by atoms with Crippen LogP contribution in [-0.2, 0) is 9.09 Å². The molecule has 0 aliphatic carbocycles. The van der Waals surface area contributed by atoms with Crippen molar-refractivity contribution in [1.82, 2.24) is 0 Å². The maximum Gasteiger partial charge on any atom is 0.428 e. The fourth-order valence-corrected chi connectivity index (χ4v) is 1.41. The second kappa shape index (κ2) is 5.08. The van der Waals surface area contributed by atoms with Crippen molar-refractivity contribution in [3.05, 3.63) is 29.8 Å². The predicted molar refractivity (Wildman–Crippen MR) is 55.8 cm³/mol. The van der Waals surface area contributed by atoms with E-state index in [0.29, 0.717) is 11.7 Å². The molecule has 0 spiro atoms. The third-order valence-corrected chi connectivity index (χ3v) is 2.53. The van der Waals surface area contributed by atoms with Gasteiger partial charge in [0.15, 0.2) is 0 Å². The average Bonchev–Trinajstić information content (AvgIpc) is 2.18. The number of hydrogen-bond acceptors (Lipinski definition) is 3. The van der Waals surface area contributed by atoms with Crippen LogP contribution in [-0.4, -0.2) is 7.11 Å². The van der Waals surface area contributed by atoms with Crippen molar-refractivity contribution >= 4 is 8.25 Å². The van der Waals surface area contributed by atoms with Gasteiger partial charge in [0.05, 0.1) is 7.11 Å². The molecule has 3 nitrogen and oxygen atoms in total. The fourth-order valence-electron chi connectivity index (χ4n) is 1.04. The molecule has 0 N–H and O–H groups in total. The van der Waals surface area contributed by atoms with Gasteiger partial charge in [0.25, 0.3) is 0 Å². The van der Waals surface area contributed by atoms with E-state index in [2.05, 4.69) is 18.4 Å². The van der Waals surface area contributed by atoms with Gasteiger partial charge in [-0.2, -0.15) is 0 Å². The van der Waals surface area contributed by atoms with Crippen molar-refractivity contribution < 1.29 is 13.6 Å². The van der Waals surface area contributed by atoms with Gasteiger partial charge < -0.3 is 4.52 Å². The Balaban J connectivity index is 2.69. The maximum absolute atomic E-state index is 10.9. The summed E-state index contributed by atoms with van der Waals surface area (Å²) in [5.74, 6) is 1.05. The molecule has 0 aliphatic heterocycles. The second-order valence-electron chi connectivity index (χ2n) is 3.22. The molecule has 0 fully saturated rings. The van der Waals surface area contributed by atoms with Gasteiger partial charge in [-0.1, -0.05) is 26.0 Å². The van der Waals surface area contributed by atoms with E-state index in [1.165, 1.54) is 12.7 Å². The summed E-state index contributed by atoms with van der Waals surface area (Å²) < 4.78 is 20.4. The largest absolute Gasteiger partial charge is 0.428 e. The molecule has 0 heterocycles. The monoisotopic (exact) mass is 213 g/mol. The summed E-state index contributed by atoms with van der Waals surface area (Å²) >= 11 is 0. The first-order chi connectivity index (χ1) is 6.63. The van der Waals surface area contributed by atoms with Crippen molar-refractivity contribution in [2.24, 2.45) is 0 Å². The van der Waals surface area contributed by atoms with Gasteiger partial charge in [-0.15, -0.1) is 0 Å². The van der Waals surface area contributed by atoms with Crippen LogP contribution in [0.5, 0.6) is 5.75 Å². The van der Waals surface area contributed by atoms with Gasteiger partial charge in [0.1, 0.15) is 5.75 Å². The Kier molecular flexibility index (Phi) is 4.05. The zero-order valence-corrected chi connectivity index (χ0v) is 9.45. The molecule has 0 amide bonds. The molecule has 1 rings (SSSR count). The first kappa shape index (κ1) is 11.2. The molecule has 1 aromatic rings. The minimum Gasteiger partial charge on any atom is -0.398 e. The fraction of sp³-hybridized carbons (Fsp3) is 0.400. The molecule has 0 saturated carbocycles. The van der Waals surface area contributed by atoms with E-state index in [9.17, 15) is 4.57 Å². The Hall–Kier alpha value is -0.920. The third kappa shape index (κ3) is 3.09. The lowest BCUT2D eigenvalue weighted by Crippen LogP contribution is -1.87. The van der Waals surface area contributed by atoms with Crippen molar-refractivity contribution in [3.8, 4) is 5.75 Å². The SMILES string of the molecule is CO[P](=O)Oc1ccc(C(C)C)cc1. The molecular formula is C10H14O3P. The summed E-state index contributed by atoms with van der Waals surface area (Å²) in [4.78, 5) is 0. The van der Waals surface area contributed by atoms with Crippen LogP contribution in [0.25, 0.3) is 0 Å². The summed E-state index contributed by atoms with van der Waals surface area (Å²) in [5.41, 5.74) is 1.23. The average molecular weight is 213 g/mol. The molecule has 1 radical (unpaired) electrons. The second-order valence-corrected chi connectivity index (χ2v) is 4.22. The highest BCUT2D eigenvalue weighted by molar-refractivity contribution is 7.33. The number of hydrogen-bond donors (Lipinski definition) is 0. The van der Waals surface area contributed by atoms with Gasteiger partial charge in [0.2, 0.25) is 0 Å². The van der Waals surface area contributed by atoms with Crippen molar-refractivity contribution in [1.29, 1.82) is 0 Å². The molecule has 4 heteroatoms. The highest BCUT2D eigenvalue weighted by atomic mass is 31.1. The molecule has 0 bridgehead atoms. The van der Waals surface area contributed by atoms with Crippen LogP contribution in [0.4, 0.5) is 0 Å². The van der Waals surface area contributed by atoms with Gasteiger partial charge in [0, 0.05) is 0 Å². The van der Waals surface area contributed by atoms with Crippen molar-refractivity contribution in [2.75, 3.05) is 7.11 Å². The summed E-state index contributed by atoms with van der Waals surface area (Å²) in [5, 5.41) is 0. The Morgan fingerprint density at radius 2 is 1.79 bits per heavy atom. The minimum absolute atomic E-state index is 0.486. The predicted octanol–water partition coefficient (Wildman–Crippen LogP) is 3.49. The third-order valence-electron chi connectivity index (χ3n) is 1.88. The summed E-state index contributed by atoms with van der Waals surface area (Å²) in [6.07, 6.45) is 0. The topological polar surface area (TPSA) is 35.5 Å². The van der Waals surface area contributed by atoms with Crippen LogP contribution in [0.2, 0.25) is 0 Å². The summed E-state index contributed by atoms with van der Waals surface area (Å²) in [6, 6.07) is 7.50. The van der Waals surface area contributed by atoms with E-state index in [1.807, 2.05) is 12.1 Å². The van der Waals surface area contributed by atoms with Crippen LogP contribution in [0.1, 0.15) is 25.3 Å². The van der Waals surface area contributed by atoms with Gasteiger partial charge in [-0.05, 0) is 23.6 Å². The van der Waals surface area contributed by atoms with E-state index in [0.717, 1.165) is 0 Å². The van der Waals surface area contributed by atoms with E-state index >= 15 is 0 Å². The number of rotatable bonds is 4. The first-order valence-electron chi connectivity index (χ1n) is 4.42. The standard InChI is InChI=1S/C10H14O3P/c1-8(2)9-4-6-10(7-5-9)13-14(11)12-3/h4-8H,1-3H3. The van der Waals surface area contributed by atoms with E-state index in [4.69, 9.17) is 4.52 Å². The lowest BCUT2D eigenvalue weighted by molar-refractivity contribution is 0.349. The molecule has 14 heavy (non-hydrogen) atoms. The van der Waals surface area contributed by atoms with Gasteiger partial charge in [-0.3, -0.25) is 4.52 Å². The normalized spacial score (nSPS) is 11.6. The molecular weight excluding hydrogens is 199 g/mol. The molecule has 1 atom stereocenters. The Morgan fingerprint density at radius 3 is 2.21 bits per heavy atom. The summed E-state index contributed by atoms with van der Waals surface area (Å²) in [6.45, 7) is 4.23. The highest BCUT2D eigenvalue weighted by Gasteiger charge is 2.03. The smallest absolute Gasteiger partial charge is 0.398 e. The van der Waals surface area contributed by atoms with Gasteiger partial charge in [-0.25, -0.2) is 4.57 Å². The maximum atomic E-state index is 10.9. The highest BCUT2D eigenvalue weighted by Crippen LogP contribution is 2.27. The Bertz CT molecular complexity index is 306. The zero-order chi connectivity index (χ0) is 10.6. The Labute approximate surface area is 85.0 Å². The number of benzene rings is 1. The molecule has 0 aliphatic rings. The lowest BCUT2D eigenvalue weighted by atomic mass is 10.0. The first-order valence-corrected chi connectivity index (χ1v) is 5.52. The van der Waals surface area contributed by atoms with Gasteiger partial charge >= 0.3 is 8.25 Å². The molecule has 1 aromatic carbocycles. The van der Waals surface area contributed by atoms with E-state index < -0.39 is 8.25 Å². The van der Waals surface area contributed by atoms with E-state index in [1.54, 1.807) is 12.1 Å².